The maximum absolute atomic E-state index is 5.47. The van der Waals surface area contributed by atoms with Crippen LogP contribution in [0, 0.1) is 6.92 Å². The minimum Gasteiger partial charge on any atom is -0.496 e. The van der Waals surface area contributed by atoms with Gasteiger partial charge < -0.3 is 20.3 Å². The molecule has 1 fully saturated rings. The van der Waals surface area contributed by atoms with Crippen LogP contribution in [0.5, 0.6) is 5.75 Å². The van der Waals surface area contributed by atoms with Gasteiger partial charge in [0.1, 0.15) is 11.6 Å². The lowest BCUT2D eigenvalue weighted by molar-refractivity contribution is 0.409. The number of nitrogens with one attached hydrogen (secondary N) is 2. The molecule has 0 unspecified atom stereocenters. The van der Waals surface area contributed by atoms with Crippen LogP contribution in [0.25, 0.3) is 0 Å². The minimum absolute atomic E-state index is 0. The predicted octanol–water partition coefficient (Wildman–Crippen LogP) is 3.91. The summed E-state index contributed by atoms with van der Waals surface area (Å²) in [5, 5.41) is 6.74. The Bertz CT molecular complexity index is 804. The highest BCUT2D eigenvalue weighted by molar-refractivity contribution is 14.0. The molecule has 7 heteroatoms. The van der Waals surface area contributed by atoms with E-state index in [1.54, 1.807) is 7.11 Å². The minimum atomic E-state index is 0. The number of benzene rings is 1. The van der Waals surface area contributed by atoms with Crippen molar-refractivity contribution < 1.29 is 4.74 Å². The fourth-order valence-electron chi connectivity index (χ4n) is 3.57. The van der Waals surface area contributed by atoms with Crippen molar-refractivity contribution in [2.24, 2.45) is 4.99 Å². The number of hydrogen-bond donors (Lipinski definition) is 2. The number of aliphatic imine (C=N–C) groups is 1. The van der Waals surface area contributed by atoms with E-state index >= 15 is 0 Å². The zero-order valence-corrected chi connectivity index (χ0v) is 20.6. The van der Waals surface area contributed by atoms with Crippen LogP contribution in [-0.4, -0.2) is 44.2 Å². The van der Waals surface area contributed by atoms with E-state index in [1.807, 2.05) is 12.3 Å². The summed E-state index contributed by atoms with van der Waals surface area (Å²) in [4.78, 5) is 11.7. The maximum atomic E-state index is 5.47. The summed E-state index contributed by atoms with van der Waals surface area (Å²) in [7, 11) is 1.72. The quantitative estimate of drug-likeness (QED) is 0.312. The van der Waals surface area contributed by atoms with Crippen molar-refractivity contribution in [3.8, 4) is 5.75 Å². The summed E-state index contributed by atoms with van der Waals surface area (Å²) in [5.74, 6) is 2.83. The first kappa shape index (κ1) is 24.2. The van der Waals surface area contributed by atoms with Gasteiger partial charge in [0, 0.05) is 32.4 Å². The van der Waals surface area contributed by atoms with Gasteiger partial charge in [0.05, 0.1) is 13.7 Å². The van der Waals surface area contributed by atoms with Crippen molar-refractivity contribution in [2.75, 3.05) is 38.2 Å². The van der Waals surface area contributed by atoms with Crippen LogP contribution >= 0.6 is 24.0 Å². The lowest BCUT2D eigenvalue weighted by atomic mass is 10.1. The molecule has 1 aliphatic heterocycles. The Kier molecular flexibility index (Phi) is 10.2. The number of nitrogens with zero attached hydrogens (tertiary/aromatic N) is 3. The second-order valence-corrected chi connectivity index (χ2v) is 7.41. The Labute approximate surface area is 197 Å². The zero-order chi connectivity index (χ0) is 20.5. The second-order valence-electron chi connectivity index (χ2n) is 7.41. The van der Waals surface area contributed by atoms with E-state index in [0.717, 1.165) is 55.7 Å². The molecule has 0 spiro atoms. The van der Waals surface area contributed by atoms with Crippen LogP contribution < -0.4 is 20.3 Å². The van der Waals surface area contributed by atoms with Crippen LogP contribution in [0.3, 0.4) is 0 Å². The number of anilines is 1. The SMILES string of the molecule is CCNC(=NCc1ccc(N2CCCC2)nc1)NCCc1cc(C)ccc1OC.I. The van der Waals surface area contributed by atoms with Gasteiger partial charge in [0.2, 0.25) is 0 Å². The molecule has 164 valence electrons. The van der Waals surface area contributed by atoms with Gasteiger partial charge >= 0.3 is 0 Å². The normalized spacial score (nSPS) is 13.7. The topological polar surface area (TPSA) is 61.8 Å². The Morgan fingerprint density at radius 3 is 2.63 bits per heavy atom. The molecule has 0 bridgehead atoms. The number of aromatic nitrogens is 1. The van der Waals surface area contributed by atoms with Crippen LogP contribution in [0.4, 0.5) is 5.82 Å². The van der Waals surface area contributed by atoms with Gasteiger partial charge in [-0.1, -0.05) is 23.8 Å². The smallest absolute Gasteiger partial charge is 0.191 e. The van der Waals surface area contributed by atoms with Crippen molar-refractivity contribution in [3.63, 3.8) is 0 Å². The molecule has 2 N–H and O–H groups in total. The molecule has 3 rings (SSSR count). The van der Waals surface area contributed by atoms with E-state index in [2.05, 4.69) is 58.6 Å². The number of halogens is 1. The van der Waals surface area contributed by atoms with Gasteiger partial charge in [-0.25, -0.2) is 9.98 Å². The van der Waals surface area contributed by atoms with Crippen molar-refractivity contribution in [1.29, 1.82) is 0 Å². The van der Waals surface area contributed by atoms with Crippen LogP contribution in [0.1, 0.15) is 36.5 Å². The predicted molar refractivity (Wildman–Crippen MR) is 135 cm³/mol. The Morgan fingerprint density at radius 2 is 1.97 bits per heavy atom. The van der Waals surface area contributed by atoms with E-state index in [4.69, 9.17) is 9.73 Å². The molecule has 0 amide bonds. The van der Waals surface area contributed by atoms with Crippen molar-refractivity contribution in [2.45, 2.75) is 39.7 Å². The molecule has 0 aliphatic carbocycles. The molecule has 1 aromatic carbocycles. The molecular formula is C23H34IN5O. The Morgan fingerprint density at radius 1 is 1.17 bits per heavy atom. The number of hydrogen-bond acceptors (Lipinski definition) is 4. The highest BCUT2D eigenvalue weighted by Crippen LogP contribution is 2.20. The molecule has 0 radical (unpaired) electrons. The van der Waals surface area contributed by atoms with Crippen molar-refractivity contribution >= 4 is 35.8 Å². The van der Waals surface area contributed by atoms with Gasteiger partial charge in [-0.05, 0) is 56.4 Å². The van der Waals surface area contributed by atoms with Gasteiger partial charge in [0.15, 0.2) is 5.96 Å². The summed E-state index contributed by atoms with van der Waals surface area (Å²) in [5.41, 5.74) is 3.56. The first-order chi connectivity index (χ1) is 14.2. The van der Waals surface area contributed by atoms with Crippen LogP contribution in [0.15, 0.2) is 41.5 Å². The Hall–Kier alpha value is -2.03. The molecular weight excluding hydrogens is 489 g/mol. The lowest BCUT2D eigenvalue weighted by Crippen LogP contribution is -2.38. The van der Waals surface area contributed by atoms with Gasteiger partial charge in [-0.3, -0.25) is 0 Å². The number of ether oxygens (including phenoxy) is 1. The van der Waals surface area contributed by atoms with E-state index in [9.17, 15) is 0 Å². The maximum Gasteiger partial charge on any atom is 0.191 e. The Balaban J connectivity index is 0.00000320. The molecule has 1 aromatic heterocycles. The molecule has 2 aromatic rings. The van der Waals surface area contributed by atoms with Crippen molar-refractivity contribution in [1.82, 2.24) is 15.6 Å². The molecule has 30 heavy (non-hydrogen) atoms. The average molecular weight is 523 g/mol. The van der Waals surface area contributed by atoms with Crippen LogP contribution in [-0.2, 0) is 13.0 Å². The number of pyridine rings is 1. The van der Waals surface area contributed by atoms with E-state index in [0.29, 0.717) is 6.54 Å². The number of aryl methyl sites for hydroxylation is 1. The third-order valence-electron chi connectivity index (χ3n) is 5.13. The highest BCUT2D eigenvalue weighted by Gasteiger charge is 2.12. The lowest BCUT2D eigenvalue weighted by Gasteiger charge is -2.16. The molecule has 2 heterocycles. The van der Waals surface area contributed by atoms with Gasteiger partial charge in [-0.2, -0.15) is 0 Å². The van der Waals surface area contributed by atoms with E-state index in [-0.39, 0.29) is 24.0 Å². The molecule has 1 aliphatic rings. The molecule has 6 nitrogen and oxygen atoms in total. The third kappa shape index (κ3) is 7.04. The number of rotatable bonds is 8. The number of methoxy groups -OCH3 is 1. The van der Waals surface area contributed by atoms with E-state index in [1.165, 1.54) is 24.0 Å². The summed E-state index contributed by atoms with van der Waals surface area (Å²) in [6.07, 6.45) is 5.35. The van der Waals surface area contributed by atoms with Crippen LogP contribution in [0.2, 0.25) is 0 Å². The zero-order valence-electron chi connectivity index (χ0n) is 18.3. The summed E-state index contributed by atoms with van der Waals surface area (Å²) in [6.45, 7) is 8.63. The van der Waals surface area contributed by atoms with Gasteiger partial charge in [0.25, 0.3) is 0 Å². The first-order valence-corrected chi connectivity index (χ1v) is 10.5. The monoisotopic (exact) mass is 523 g/mol. The molecule has 0 saturated carbocycles. The summed E-state index contributed by atoms with van der Waals surface area (Å²) < 4.78 is 5.47. The first-order valence-electron chi connectivity index (χ1n) is 10.5. The average Bonchev–Trinajstić information content (AvgIpc) is 3.27. The highest BCUT2D eigenvalue weighted by atomic mass is 127. The summed E-state index contributed by atoms with van der Waals surface area (Å²) >= 11 is 0. The standard InChI is InChI=1S/C23H33N5O.HI/c1-4-24-23(25-12-11-20-15-18(2)7-9-21(20)29-3)27-17-19-8-10-22(26-16-19)28-13-5-6-14-28;/h7-10,15-16H,4-6,11-14,17H2,1-3H3,(H2,24,25,27);1H. The molecule has 1 saturated heterocycles. The van der Waals surface area contributed by atoms with Gasteiger partial charge in [-0.15, -0.1) is 24.0 Å². The largest absolute Gasteiger partial charge is 0.496 e. The van der Waals surface area contributed by atoms with Crippen molar-refractivity contribution in [3.05, 3.63) is 53.2 Å². The second kappa shape index (κ2) is 12.6. The third-order valence-corrected chi connectivity index (χ3v) is 5.13. The molecule has 0 atom stereocenters. The van der Waals surface area contributed by atoms with E-state index < -0.39 is 0 Å². The summed E-state index contributed by atoms with van der Waals surface area (Å²) in [6, 6.07) is 10.5. The fourth-order valence-corrected chi connectivity index (χ4v) is 3.57. The fraction of sp³-hybridized carbons (Fsp3) is 0.478. The number of guanidine groups is 1.